The summed E-state index contributed by atoms with van der Waals surface area (Å²) in [6.45, 7) is 2.15. The summed E-state index contributed by atoms with van der Waals surface area (Å²) in [5, 5.41) is 0. The van der Waals surface area contributed by atoms with Crippen molar-refractivity contribution < 1.29 is 9.47 Å². The molecular formula is C11H15BrO2. The quantitative estimate of drug-likeness (QED) is 0.824. The van der Waals surface area contributed by atoms with Gasteiger partial charge in [0.15, 0.2) is 0 Å². The summed E-state index contributed by atoms with van der Waals surface area (Å²) in [5.74, 6) is 1.65. The Labute approximate surface area is 93.4 Å². The average Bonchev–Trinajstić information content (AvgIpc) is 2.20. The lowest BCUT2D eigenvalue weighted by molar-refractivity contribution is 0.388. The number of methoxy groups -OCH3 is 2. The van der Waals surface area contributed by atoms with E-state index in [1.807, 2.05) is 12.1 Å². The second-order valence-electron chi connectivity index (χ2n) is 3.06. The molecule has 0 amide bonds. The van der Waals surface area contributed by atoms with E-state index in [-0.39, 0.29) is 0 Å². The van der Waals surface area contributed by atoms with Gasteiger partial charge in [-0.05, 0) is 40.0 Å². The van der Waals surface area contributed by atoms with Gasteiger partial charge in [-0.3, -0.25) is 0 Å². The highest BCUT2D eigenvalue weighted by Crippen LogP contribution is 2.35. The minimum Gasteiger partial charge on any atom is -0.495 e. The third-order valence-corrected chi connectivity index (χ3v) is 2.83. The maximum absolute atomic E-state index is 5.25. The van der Waals surface area contributed by atoms with Gasteiger partial charge in [-0.2, -0.15) is 0 Å². The topological polar surface area (TPSA) is 18.5 Å². The third-order valence-electron chi connectivity index (χ3n) is 2.04. The summed E-state index contributed by atoms with van der Waals surface area (Å²) < 4.78 is 11.4. The van der Waals surface area contributed by atoms with Crippen LogP contribution in [-0.2, 0) is 6.42 Å². The fourth-order valence-electron chi connectivity index (χ4n) is 1.36. The number of halogens is 1. The van der Waals surface area contributed by atoms with Gasteiger partial charge in [0.05, 0.1) is 14.2 Å². The van der Waals surface area contributed by atoms with Crippen molar-refractivity contribution in [1.29, 1.82) is 0 Å². The summed E-state index contributed by atoms with van der Waals surface area (Å²) in [6, 6.07) is 4.08. The minimum atomic E-state index is 0.827. The maximum atomic E-state index is 5.25. The SMILES string of the molecule is CCCc1cc(OC)c(Br)c(OC)c1. The molecule has 0 saturated carbocycles. The van der Waals surface area contributed by atoms with Crippen LogP contribution < -0.4 is 9.47 Å². The van der Waals surface area contributed by atoms with Crippen molar-refractivity contribution in [2.24, 2.45) is 0 Å². The standard InChI is InChI=1S/C11H15BrO2/c1-4-5-8-6-9(13-2)11(12)10(7-8)14-3/h6-7H,4-5H2,1-3H3. The molecule has 0 aliphatic heterocycles. The smallest absolute Gasteiger partial charge is 0.137 e. The van der Waals surface area contributed by atoms with E-state index in [0.717, 1.165) is 28.8 Å². The van der Waals surface area contributed by atoms with E-state index in [9.17, 15) is 0 Å². The molecule has 0 radical (unpaired) electrons. The monoisotopic (exact) mass is 258 g/mol. The predicted molar refractivity (Wildman–Crippen MR) is 61.2 cm³/mol. The first-order valence-corrected chi connectivity index (χ1v) is 5.42. The van der Waals surface area contributed by atoms with Gasteiger partial charge in [-0.25, -0.2) is 0 Å². The van der Waals surface area contributed by atoms with Crippen molar-refractivity contribution in [3.8, 4) is 11.5 Å². The Morgan fingerprint density at radius 3 is 2.00 bits per heavy atom. The molecule has 0 atom stereocenters. The molecule has 0 saturated heterocycles. The van der Waals surface area contributed by atoms with E-state index < -0.39 is 0 Å². The molecule has 14 heavy (non-hydrogen) atoms. The van der Waals surface area contributed by atoms with Crippen molar-refractivity contribution in [3.05, 3.63) is 22.2 Å². The molecule has 0 aliphatic rings. The number of hydrogen-bond acceptors (Lipinski definition) is 2. The summed E-state index contributed by atoms with van der Waals surface area (Å²) in [5.41, 5.74) is 1.24. The highest BCUT2D eigenvalue weighted by Gasteiger charge is 2.08. The Morgan fingerprint density at radius 2 is 1.64 bits per heavy atom. The number of hydrogen-bond donors (Lipinski definition) is 0. The third kappa shape index (κ3) is 2.41. The molecule has 78 valence electrons. The van der Waals surface area contributed by atoms with Crippen LogP contribution in [0.5, 0.6) is 11.5 Å². The first kappa shape index (κ1) is 11.4. The Balaban J connectivity index is 3.11. The summed E-state index contributed by atoms with van der Waals surface area (Å²) >= 11 is 3.44. The zero-order valence-electron chi connectivity index (χ0n) is 8.76. The van der Waals surface area contributed by atoms with Gasteiger partial charge in [0.25, 0.3) is 0 Å². The van der Waals surface area contributed by atoms with E-state index in [0.29, 0.717) is 0 Å². The van der Waals surface area contributed by atoms with Gasteiger partial charge < -0.3 is 9.47 Å². The van der Waals surface area contributed by atoms with Crippen LogP contribution in [-0.4, -0.2) is 14.2 Å². The molecule has 1 aromatic carbocycles. The Bertz CT molecular complexity index is 285. The van der Waals surface area contributed by atoms with Gasteiger partial charge in [0.2, 0.25) is 0 Å². The second kappa shape index (κ2) is 5.25. The molecule has 0 heterocycles. The van der Waals surface area contributed by atoms with Crippen molar-refractivity contribution >= 4 is 15.9 Å². The molecule has 0 aromatic heterocycles. The second-order valence-corrected chi connectivity index (χ2v) is 3.86. The molecule has 0 N–H and O–H groups in total. The molecular weight excluding hydrogens is 244 g/mol. The van der Waals surface area contributed by atoms with Crippen LogP contribution in [0.25, 0.3) is 0 Å². The summed E-state index contributed by atoms with van der Waals surface area (Å²) in [4.78, 5) is 0. The fraction of sp³-hybridized carbons (Fsp3) is 0.455. The highest BCUT2D eigenvalue weighted by molar-refractivity contribution is 9.10. The molecule has 1 aromatic rings. The molecule has 2 nitrogen and oxygen atoms in total. The molecule has 1 rings (SSSR count). The largest absolute Gasteiger partial charge is 0.495 e. The van der Waals surface area contributed by atoms with Crippen molar-refractivity contribution in [2.75, 3.05) is 14.2 Å². The van der Waals surface area contributed by atoms with Gasteiger partial charge in [0, 0.05) is 0 Å². The maximum Gasteiger partial charge on any atom is 0.137 e. The van der Waals surface area contributed by atoms with Crippen molar-refractivity contribution in [2.45, 2.75) is 19.8 Å². The Morgan fingerprint density at radius 1 is 1.14 bits per heavy atom. The van der Waals surface area contributed by atoms with E-state index in [1.54, 1.807) is 14.2 Å². The predicted octanol–water partition coefficient (Wildman–Crippen LogP) is 3.42. The normalized spacial score (nSPS) is 10.0. The number of aryl methyl sites for hydroxylation is 1. The summed E-state index contributed by atoms with van der Waals surface area (Å²) in [7, 11) is 3.32. The van der Waals surface area contributed by atoms with E-state index in [2.05, 4.69) is 22.9 Å². The lowest BCUT2D eigenvalue weighted by atomic mass is 10.1. The zero-order chi connectivity index (χ0) is 10.6. The van der Waals surface area contributed by atoms with E-state index in [4.69, 9.17) is 9.47 Å². The van der Waals surface area contributed by atoms with Crippen molar-refractivity contribution in [1.82, 2.24) is 0 Å². The van der Waals surface area contributed by atoms with Crippen LogP contribution in [0, 0.1) is 0 Å². The number of benzene rings is 1. The van der Waals surface area contributed by atoms with Gasteiger partial charge in [-0.1, -0.05) is 13.3 Å². The van der Waals surface area contributed by atoms with E-state index >= 15 is 0 Å². The molecule has 0 bridgehead atoms. The molecule has 0 unspecified atom stereocenters. The fourth-order valence-corrected chi connectivity index (χ4v) is 1.91. The van der Waals surface area contributed by atoms with Crippen LogP contribution in [0.1, 0.15) is 18.9 Å². The van der Waals surface area contributed by atoms with Crippen LogP contribution in [0.2, 0.25) is 0 Å². The lowest BCUT2D eigenvalue weighted by Gasteiger charge is -2.10. The van der Waals surface area contributed by atoms with Gasteiger partial charge in [-0.15, -0.1) is 0 Å². The minimum absolute atomic E-state index is 0.827. The number of ether oxygens (including phenoxy) is 2. The molecule has 0 fully saturated rings. The van der Waals surface area contributed by atoms with Gasteiger partial charge >= 0.3 is 0 Å². The Hall–Kier alpha value is -0.700. The van der Waals surface area contributed by atoms with Gasteiger partial charge in [0.1, 0.15) is 16.0 Å². The molecule has 0 spiro atoms. The first-order chi connectivity index (χ1) is 6.72. The lowest BCUT2D eigenvalue weighted by Crippen LogP contribution is -1.93. The van der Waals surface area contributed by atoms with Crippen LogP contribution in [0.3, 0.4) is 0 Å². The average molecular weight is 259 g/mol. The summed E-state index contributed by atoms with van der Waals surface area (Å²) in [6.07, 6.45) is 2.16. The first-order valence-electron chi connectivity index (χ1n) is 4.63. The van der Waals surface area contributed by atoms with Crippen molar-refractivity contribution in [3.63, 3.8) is 0 Å². The van der Waals surface area contributed by atoms with E-state index in [1.165, 1.54) is 5.56 Å². The Kier molecular flexibility index (Phi) is 4.26. The highest BCUT2D eigenvalue weighted by atomic mass is 79.9. The molecule has 3 heteroatoms. The van der Waals surface area contributed by atoms with Crippen LogP contribution in [0.4, 0.5) is 0 Å². The zero-order valence-corrected chi connectivity index (χ0v) is 10.3. The van der Waals surface area contributed by atoms with Crippen LogP contribution >= 0.6 is 15.9 Å². The number of rotatable bonds is 4. The van der Waals surface area contributed by atoms with Crippen LogP contribution in [0.15, 0.2) is 16.6 Å². The molecule has 0 aliphatic carbocycles.